The van der Waals surface area contributed by atoms with Crippen LogP contribution in [-0.4, -0.2) is 36.9 Å². The van der Waals surface area contributed by atoms with E-state index in [1.807, 2.05) is 19.1 Å². The van der Waals surface area contributed by atoms with Gasteiger partial charge in [0.15, 0.2) is 0 Å². The van der Waals surface area contributed by atoms with Crippen LogP contribution in [0, 0.1) is 5.41 Å². The molecule has 4 rings (SSSR count). The molecule has 5 nitrogen and oxygen atoms in total. The highest BCUT2D eigenvalue weighted by molar-refractivity contribution is 6.18. The van der Waals surface area contributed by atoms with Gasteiger partial charge >= 0.3 is 5.97 Å². The number of carbonyl (C=O) groups is 1. The SMILES string of the molecule is CCOC(=O)C1(C2=NCCc3c2[nH]c2ccc(OC)cc32)CCC1. The topological polar surface area (TPSA) is 63.7 Å². The van der Waals surface area contributed by atoms with Crippen molar-refractivity contribution >= 4 is 22.6 Å². The summed E-state index contributed by atoms with van der Waals surface area (Å²) < 4.78 is 10.7. The zero-order valence-corrected chi connectivity index (χ0v) is 14.1. The minimum absolute atomic E-state index is 0.126. The van der Waals surface area contributed by atoms with Crippen LogP contribution in [0.2, 0.25) is 0 Å². The van der Waals surface area contributed by atoms with Crippen molar-refractivity contribution in [1.82, 2.24) is 4.98 Å². The van der Waals surface area contributed by atoms with Gasteiger partial charge in [0.25, 0.3) is 0 Å². The van der Waals surface area contributed by atoms with Gasteiger partial charge in [-0.1, -0.05) is 6.42 Å². The molecule has 24 heavy (non-hydrogen) atoms. The van der Waals surface area contributed by atoms with Crippen LogP contribution in [0.4, 0.5) is 0 Å². The van der Waals surface area contributed by atoms with E-state index >= 15 is 0 Å². The lowest BCUT2D eigenvalue weighted by molar-refractivity contribution is -0.155. The summed E-state index contributed by atoms with van der Waals surface area (Å²) in [6.45, 7) is 2.98. The maximum absolute atomic E-state index is 12.6. The van der Waals surface area contributed by atoms with E-state index in [0.717, 1.165) is 53.7 Å². The zero-order valence-electron chi connectivity index (χ0n) is 14.1. The predicted octanol–water partition coefficient (Wildman–Crippen LogP) is 3.26. The van der Waals surface area contributed by atoms with Crippen molar-refractivity contribution < 1.29 is 14.3 Å². The van der Waals surface area contributed by atoms with Crippen LogP contribution in [0.5, 0.6) is 5.75 Å². The summed E-state index contributed by atoms with van der Waals surface area (Å²) in [5.41, 5.74) is 3.65. The largest absolute Gasteiger partial charge is 0.497 e. The molecular formula is C19H22N2O3. The number of hydrogen-bond acceptors (Lipinski definition) is 4. The Morgan fingerprint density at radius 3 is 2.88 bits per heavy atom. The Kier molecular flexibility index (Phi) is 3.59. The third kappa shape index (κ3) is 2.07. The monoisotopic (exact) mass is 326 g/mol. The third-order valence-corrected chi connectivity index (χ3v) is 5.31. The molecule has 0 radical (unpaired) electrons. The zero-order chi connectivity index (χ0) is 16.7. The highest BCUT2D eigenvalue weighted by Crippen LogP contribution is 2.47. The Morgan fingerprint density at radius 1 is 1.38 bits per heavy atom. The molecule has 2 aliphatic rings. The number of ether oxygens (including phenoxy) is 2. The molecule has 2 aromatic rings. The smallest absolute Gasteiger partial charge is 0.318 e. The molecule has 1 aliphatic heterocycles. The minimum Gasteiger partial charge on any atom is -0.497 e. The summed E-state index contributed by atoms with van der Waals surface area (Å²) in [4.78, 5) is 20.9. The van der Waals surface area contributed by atoms with E-state index in [1.54, 1.807) is 7.11 Å². The van der Waals surface area contributed by atoms with E-state index < -0.39 is 5.41 Å². The summed E-state index contributed by atoms with van der Waals surface area (Å²) in [6.07, 6.45) is 3.57. The van der Waals surface area contributed by atoms with Gasteiger partial charge in [0.2, 0.25) is 0 Å². The van der Waals surface area contributed by atoms with Gasteiger partial charge in [0, 0.05) is 17.4 Å². The van der Waals surface area contributed by atoms with E-state index in [0.29, 0.717) is 13.2 Å². The number of aliphatic imine (C=N–C) groups is 1. The molecule has 1 saturated carbocycles. The normalized spacial score (nSPS) is 18.5. The lowest BCUT2D eigenvalue weighted by Gasteiger charge is -2.41. The summed E-state index contributed by atoms with van der Waals surface area (Å²) in [6, 6.07) is 6.04. The molecule has 1 aromatic carbocycles. The average molecular weight is 326 g/mol. The van der Waals surface area contributed by atoms with Crippen molar-refractivity contribution in [3.63, 3.8) is 0 Å². The number of benzene rings is 1. The first-order chi connectivity index (χ1) is 11.7. The van der Waals surface area contributed by atoms with Crippen LogP contribution < -0.4 is 4.74 Å². The van der Waals surface area contributed by atoms with E-state index in [-0.39, 0.29) is 5.97 Å². The summed E-state index contributed by atoms with van der Waals surface area (Å²) in [5.74, 6) is 0.719. The number of H-pyrrole nitrogens is 1. The Balaban J connectivity index is 1.83. The molecule has 2 heterocycles. The molecule has 0 saturated heterocycles. The Morgan fingerprint density at radius 2 is 2.21 bits per heavy atom. The van der Waals surface area contributed by atoms with Crippen molar-refractivity contribution in [2.75, 3.05) is 20.3 Å². The average Bonchev–Trinajstić information content (AvgIpc) is 2.92. The van der Waals surface area contributed by atoms with Crippen LogP contribution >= 0.6 is 0 Å². The van der Waals surface area contributed by atoms with Crippen LogP contribution in [0.25, 0.3) is 10.9 Å². The van der Waals surface area contributed by atoms with Crippen LogP contribution in [0.3, 0.4) is 0 Å². The fourth-order valence-electron chi connectivity index (χ4n) is 3.90. The summed E-state index contributed by atoms with van der Waals surface area (Å²) in [5, 5.41) is 1.16. The van der Waals surface area contributed by atoms with Gasteiger partial charge < -0.3 is 14.5 Å². The molecule has 1 fully saturated rings. The molecule has 0 bridgehead atoms. The number of nitrogens with one attached hydrogen (secondary N) is 1. The van der Waals surface area contributed by atoms with Gasteiger partial charge in [0.1, 0.15) is 11.2 Å². The number of methoxy groups -OCH3 is 1. The number of aromatic amines is 1. The lowest BCUT2D eigenvalue weighted by atomic mass is 9.64. The van der Waals surface area contributed by atoms with Gasteiger partial charge in [-0.3, -0.25) is 9.79 Å². The molecule has 0 atom stereocenters. The lowest BCUT2D eigenvalue weighted by Crippen LogP contribution is -2.48. The fourth-order valence-corrected chi connectivity index (χ4v) is 3.90. The molecule has 0 amide bonds. The van der Waals surface area contributed by atoms with Crippen molar-refractivity contribution in [3.8, 4) is 5.75 Å². The molecule has 5 heteroatoms. The second-order valence-electron chi connectivity index (χ2n) is 6.53. The Labute approximate surface area is 141 Å². The number of carbonyl (C=O) groups excluding carboxylic acids is 1. The van der Waals surface area contributed by atoms with Crippen LogP contribution in [0.15, 0.2) is 23.2 Å². The molecule has 0 spiro atoms. The Bertz CT molecular complexity index is 830. The van der Waals surface area contributed by atoms with Gasteiger partial charge in [0.05, 0.1) is 25.1 Å². The Hall–Kier alpha value is -2.30. The maximum Gasteiger partial charge on any atom is 0.318 e. The van der Waals surface area contributed by atoms with Crippen LogP contribution in [-0.2, 0) is 16.0 Å². The van der Waals surface area contributed by atoms with Gasteiger partial charge in [-0.25, -0.2) is 0 Å². The standard InChI is InChI=1S/C19H22N2O3/c1-3-24-18(22)19(8-4-9-19)17-16-13(7-10-20-17)14-11-12(23-2)5-6-15(14)21-16/h5-6,11,21H,3-4,7-10H2,1-2H3. The van der Waals surface area contributed by atoms with Crippen molar-refractivity contribution in [1.29, 1.82) is 0 Å². The molecule has 126 valence electrons. The molecular weight excluding hydrogens is 304 g/mol. The minimum atomic E-state index is -0.559. The number of aromatic nitrogens is 1. The maximum atomic E-state index is 12.6. The van der Waals surface area contributed by atoms with Crippen molar-refractivity contribution in [2.45, 2.75) is 32.6 Å². The van der Waals surface area contributed by atoms with E-state index in [9.17, 15) is 4.79 Å². The first kappa shape index (κ1) is 15.2. The van der Waals surface area contributed by atoms with Gasteiger partial charge in [-0.2, -0.15) is 0 Å². The predicted molar refractivity (Wildman–Crippen MR) is 92.9 cm³/mol. The van der Waals surface area contributed by atoms with Crippen molar-refractivity contribution in [2.24, 2.45) is 10.4 Å². The van der Waals surface area contributed by atoms with E-state index in [2.05, 4.69) is 11.1 Å². The second-order valence-corrected chi connectivity index (χ2v) is 6.53. The quantitative estimate of drug-likeness (QED) is 0.877. The number of esters is 1. The number of hydrogen-bond donors (Lipinski definition) is 1. The fraction of sp³-hybridized carbons (Fsp3) is 0.474. The van der Waals surface area contributed by atoms with Gasteiger partial charge in [-0.15, -0.1) is 0 Å². The first-order valence-corrected chi connectivity index (χ1v) is 8.60. The second kappa shape index (κ2) is 5.65. The van der Waals surface area contributed by atoms with E-state index in [1.165, 1.54) is 5.56 Å². The third-order valence-electron chi connectivity index (χ3n) is 5.31. The molecule has 1 aromatic heterocycles. The first-order valence-electron chi connectivity index (χ1n) is 8.60. The van der Waals surface area contributed by atoms with Crippen molar-refractivity contribution in [3.05, 3.63) is 29.5 Å². The number of rotatable bonds is 4. The molecule has 0 unspecified atom stereocenters. The molecule has 1 N–H and O–H groups in total. The highest BCUT2D eigenvalue weighted by atomic mass is 16.5. The summed E-state index contributed by atoms with van der Waals surface area (Å²) in [7, 11) is 1.68. The molecule has 1 aliphatic carbocycles. The summed E-state index contributed by atoms with van der Waals surface area (Å²) >= 11 is 0. The van der Waals surface area contributed by atoms with Crippen LogP contribution in [0.1, 0.15) is 37.4 Å². The number of nitrogens with zero attached hydrogens (tertiary/aromatic N) is 1. The number of fused-ring (bicyclic) bond motifs is 3. The highest BCUT2D eigenvalue weighted by Gasteiger charge is 2.51. The van der Waals surface area contributed by atoms with E-state index in [4.69, 9.17) is 14.5 Å². The van der Waals surface area contributed by atoms with Gasteiger partial charge in [-0.05, 0) is 49.9 Å².